The lowest BCUT2D eigenvalue weighted by atomic mass is 10.0. The molecule has 0 bridgehead atoms. The molecule has 0 aliphatic carbocycles. The average Bonchev–Trinajstić information content (AvgIpc) is 3.09. The molecule has 3 heterocycles. The van der Waals surface area contributed by atoms with Gasteiger partial charge in [0.05, 0.1) is 12.7 Å². The molecular formula is C16H11FN6O2S. The van der Waals surface area contributed by atoms with Gasteiger partial charge in [0.25, 0.3) is 11.1 Å². The van der Waals surface area contributed by atoms with Crippen molar-refractivity contribution in [2.24, 2.45) is 0 Å². The zero-order valence-electron chi connectivity index (χ0n) is 13.6. The normalized spacial score (nSPS) is 10.2. The largest absolute Gasteiger partial charge is 0.472 e. The van der Waals surface area contributed by atoms with E-state index in [1.165, 1.54) is 19.5 Å². The zero-order valence-corrected chi connectivity index (χ0v) is 14.5. The van der Waals surface area contributed by atoms with Gasteiger partial charge in [-0.05, 0) is 36.0 Å². The van der Waals surface area contributed by atoms with E-state index >= 15 is 0 Å². The molecule has 0 saturated carbocycles. The molecule has 0 aromatic carbocycles. The number of carbonyl (C=O) groups excluding carboxylic acids is 1. The van der Waals surface area contributed by atoms with Gasteiger partial charge in [0.15, 0.2) is 11.5 Å². The third-order valence-electron chi connectivity index (χ3n) is 3.34. The van der Waals surface area contributed by atoms with Crippen molar-refractivity contribution in [1.82, 2.24) is 20.2 Å². The monoisotopic (exact) mass is 370 g/mol. The van der Waals surface area contributed by atoms with Crippen molar-refractivity contribution >= 4 is 22.4 Å². The summed E-state index contributed by atoms with van der Waals surface area (Å²) in [5, 5.41) is 19.5. The van der Waals surface area contributed by atoms with Gasteiger partial charge in [-0.15, -0.1) is 5.10 Å². The number of amides is 1. The van der Waals surface area contributed by atoms with E-state index in [1.807, 2.05) is 0 Å². The van der Waals surface area contributed by atoms with E-state index < -0.39 is 11.7 Å². The molecule has 1 amide bonds. The van der Waals surface area contributed by atoms with Crippen molar-refractivity contribution in [3.8, 4) is 22.4 Å². The minimum atomic E-state index is -0.764. The number of aryl methyl sites for hydroxylation is 1. The van der Waals surface area contributed by atoms with Crippen LogP contribution in [0.1, 0.15) is 21.7 Å². The van der Waals surface area contributed by atoms with E-state index in [4.69, 9.17) is 10.00 Å². The molecule has 0 unspecified atom stereocenters. The summed E-state index contributed by atoms with van der Waals surface area (Å²) in [4.78, 5) is 20.5. The second-order valence-electron chi connectivity index (χ2n) is 5.07. The fourth-order valence-corrected chi connectivity index (χ4v) is 2.71. The fraction of sp³-hybridized carbons (Fsp3) is 0.125. The molecule has 8 nitrogen and oxygen atoms in total. The first-order chi connectivity index (χ1) is 12.5. The van der Waals surface area contributed by atoms with Crippen molar-refractivity contribution in [1.29, 1.82) is 5.26 Å². The van der Waals surface area contributed by atoms with Crippen LogP contribution in [0.5, 0.6) is 5.19 Å². The highest BCUT2D eigenvalue weighted by Crippen LogP contribution is 2.27. The Labute approximate surface area is 151 Å². The summed E-state index contributed by atoms with van der Waals surface area (Å²) in [6.45, 7) is 1.74. The molecule has 10 heteroatoms. The third kappa shape index (κ3) is 3.47. The first-order valence-electron chi connectivity index (χ1n) is 7.23. The smallest absolute Gasteiger partial charge is 0.295 e. The van der Waals surface area contributed by atoms with Crippen LogP contribution in [-0.2, 0) is 0 Å². The van der Waals surface area contributed by atoms with Gasteiger partial charge in [-0.3, -0.25) is 15.1 Å². The molecule has 130 valence electrons. The van der Waals surface area contributed by atoms with Gasteiger partial charge in [-0.25, -0.2) is 9.37 Å². The standard InChI is InChI=1S/C16H11FN6O2S/c1-8-3-10(9-4-12(17)13(5-18)20-6-9)11(7-19-8)14(24)21-15-22-23-16(25-2)26-15/h3-4,6-7H,1-2H3,(H,21,22,24). The van der Waals surface area contributed by atoms with Gasteiger partial charge < -0.3 is 4.74 Å². The number of hydrogen-bond acceptors (Lipinski definition) is 8. The number of halogens is 1. The Hall–Kier alpha value is -3.45. The molecule has 0 saturated heterocycles. The van der Waals surface area contributed by atoms with E-state index in [1.54, 1.807) is 19.1 Å². The number of aromatic nitrogens is 4. The van der Waals surface area contributed by atoms with Crippen LogP contribution in [-0.4, -0.2) is 33.2 Å². The summed E-state index contributed by atoms with van der Waals surface area (Å²) < 4.78 is 18.9. The summed E-state index contributed by atoms with van der Waals surface area (Å²) in [6, 6.07) is 4.45. The van der Waals surface area contributed by atoms with Crippen LogP contribution in [0.3, 0.4) is 0 Å². The van der Waals surface area contributed by atoms with Gasteiger partial charge >= 0.3 is 0 Å². The van der Waals surface area contributed by atoms with Crippen LogP contribution in [0.25, 0.3) is 11.1 Å². The van der Waals surface area contributed by atoms with Crippen LogP contribution >= 0.6 is 11.3 Å². The van der Waals surface area contributed by atoms with Crippen LogP contribution in [0.15, 0.2) is 24.5 Å². The van der Waals surface area contributed by atoms with Crippen molar-refractivity contribution < 1.29 is 13.9 Å². The highest BCUT2D eigenvalue weighted by atomic mass is 32.1. The Morgan fingerprint density at radius 3 is 2.77 bits per heavy atom. The number of rotatable bonds is 4. The minimum absolute atomic E-state index is 0.204. The number of anilines is 1. The minimum Gasteiger partial charge on any atom is -0.472 e. The Morgan fingerprint density at radius 2 is 2.12 bits per heavy atom. The topological polar surface area (TPSA) is 114 Å². The molecule has 0 aliphatic heterocycles. The quantitative estimate of drug-likeness (QED) is 0.751. The summed E-state index contributed by atoms with van der Waals surface area (Å²) in [5.41, 5.74) is 1.32. The van der Waals surface area contributed by atoms with E-state index in [-0.39, 0.29) is 16.4 Å². The Bertz CT molecular complexity index is 1030. The maximum absolute atomic E-state index is 13.9. The fourth-order valence-electron chi connectivity index (χ4n) is 2.15. The molecule has 0 spiro atoms. The highest BCUT2D eigenvalue weighted by molar-refractivity contribution is 7.17. The Balaban J connectivity index is 1.99. The van der Waals surface area contributed by atoms with Crippen LogP contribution in [0, 0.1) is 24.1 Å². The van der Waals surface area contributed by atoms with Gasteiger partial charge in [0.1, 0.15) is 6.07 Å². The molecule has 3 aromatic heterocycles. The number of nitrogens with zero attached hydrogens (tertiary/aromatic N) is 5. The molecule has 1 N–H and O–H groups in total. The molecule has 0 radical (unpaired) electrons. The predicted octanol–water partition coefficient (Wildman–Crippen LogP) is 2.58. The summed E-state index contributed by atoms with van der Waals surface area (Å²) in [6.07, 6.45) is 2.72. The summed E-state index contributed by atoms with van der Waals surface area (Å²) in [7, 11) is 1.44. The lowest BCUT2D eigenvalue weighted by molar-refractivity contribution is 0.102. The number of nitrogens with one attached hydrogen (secondary N) is 1. The van der Waals surface area contributed by atoms with Gasteiger partial charge in [-0.2, -0.15) is 5.26 Å². The second-order valence-corrected chi connectivity index (χ2v) is 6.01. The van der Waals surface area contributed by atoms with Crippen molar-refractivity contribution in [3.05, 3.63) is 47.3 Å². The van der Waals surface area contributed by atoms with Crippen LogP contribution in [0.2, 0.25) is 0 Å². The number of carbonyl (C=O) groups is 1. The Morgan fingerprint density at radius 1 is 1.31 bits per heavy atom. The highest BCUT2D eigenvalue weighted by Gasteiger charge is 2.18. The van der Waals surface area contributed by atoms with Crippen molar-refractivity contribution in [2.75, 3.05) is 12.4 Å². The predicted molar refractivity (Wildman–Crippen MR) is 91.3 cm³/mol. The number of hydrogen-bond donors (Lipinski definition) is 1. The Kier molecular flexibility index (Phi) is 4.81. The zero-order chi connectivity index (χ0) is 18.7. The van der Waals surface area contributed by atoms with Crippen LogP contribution in [0.4, 0.5) is 9.52 Å². The maximum atomic E-state index is 13.9. The molecular weight excluding hydrogens is 359 g/mol. The lowest BCUT2D eigenvalue weighted by Gasteiger charge is -2.10. The van der Waals surface area contributed by atoms with Gasteiger partial charge in [-0.1, -0.05) is 5.10 Å². The second kappa shape index (κ2) is 7.20. The number of pyridine rings is 2. The molecule has 3 aromatic rings. The van der Waals surface area contributed by atoms with Crippen molar-refractivity contribution in [2.45, 2.75) is 6.92 Å². The first kappa shape index (κ1) is 17.4. The maximum Gasteiger partial charge on any atom is 0.295 e. The summed E-state index contributed by atoms with van der Waals surface area (Å²) >= 11 is 1.06. The first-order valence-corrected chi connectivity index (χ1v) is 8.05. The molecule has 0 fully saturated rings. The summed E-state index contributed by atoms with van der Waals surface area (Å²) in [5.74, 6) is -1.25. The molecule has 0 atom stereocenters. The molecule has 0 aliphatic rings. The van der Waals surface area contributed by atoms with Gasteiger partial charge in [0.2, 0.25) is 5.13 Å². The number of nitriles is 1. The average molecular weight is 370 g/mol. The molecule has 26 heavy (non-hydrogen) atoms. The SMILES string of the molecule is COc1nnc(NC(=O)c2cnc(C)cc2-c2cnc(C#N)c(F)c2)s1. The third-order valence-corrected chi connectivity index (χ3v) is 4.14. The van der Waals surface area contributed by atoms with Crippen LogP contribution < -0.4 is 10.1 Å². The lowest BCUT2D eigenvalue weighted by Crippen LogP contribution is -2.14. The number of ether oxygens (including phenoxy) is 1. The van der Waals surface area contributed by atoms with Crippen molar-refractivity contribution in [3.63, 3.8) is 0 Å². The number of methoxy groups -OCH3 is 1. The van der Waals surface area contributed by atoms with E-state index in [0.717, 1.165) is 17.4 Å². The van der Waals surface area contributed by atoms with E-state index in [0.29, 0.717) is 22.0 Å². The van der Waals surface area contributed by atoms with E-state index in [9.17, 15) is 9.18 Å². The molecule has 3 rings (SSSR count). The van der Waals surface area contributed by atoms with E-state index in [2.05, 4.69) is 25.5 Å². The van der Waals surface area contributed by atoms with Gasteiger partial charge in [0, 0.05) is 23.7 Å².